The van der Waals surface area contributed by atoms with E-state index in [4.69, 9.17) is 0 Å². The van der Waals surface area contributed by atoms with E-state index >= 15 is 0 Å². The number of rotatable bonds is 5. The highest BCUT2D eigenvalue weighted by atomic mass is 19.1. The zero-order valence-corrected chi connectivity index (χ0v) is 18.0. The van der Waals surface area contributed by atoms with Crippen molar-refractivity contribution >= 4 is 10.9 Å². The summed E-state index contributed by atoms with van der Waals surface area (Å²) in [6, 6.07) is 22.7. The highest BCUT2D eigenvalue weighted by Gasteiger charge is 2.20. The maximum atomic E-state index is 13.7. The number of nitrogens with zero attached hydrogens (tertiary/aromatic N) is 4. The molecular formula is C26H21FN4O2. The van der Waals surface area contributed by atoms with Crippen LogP contribution in [0.2, 0.25) is 0 Å². The van der Waals surface area contributed by atoms with Crippen LogP contribution in [-0.4, -0.2) is 18.9 Å². The molecule has 3 aromatic heterocycles. The minimum absolute atomic E-state index is 0.172. The van der Waals surface area contributed by atoms with E-state index in [-0.39, 0.29) is 23.5 Å². The van der Waals surface area contributed by atoms with Crippen LogP contribution < -0.4 is 11.1 Å². The van der Waals surface area contributed by atoms with Crippen LogP contribution in [0.1, 0.15) is 16.8 Å². The van der Waals surface area contributed by atoms with Crippen LogP contribution in [0.4, 0.5) is 4.39 Å². The first-order valence-corrected chi connectivity index (χ1v) is 10.6. The molecule has 0 saturated heterocycles. The number of hydrogen-bond acceptors (Lipinski definition) is 3. The number of aromatic nitrogens is 4. The normalized spacial score (nSPS) is 11.2. The number of fused-ring (bicyclic) bond motifs is 1. The molecule has 0 bridgehead atoms. The number of halogens is 1. The van der Waals surface area contributed by atoms with Crippen molar-refractivity contribution in [3.63, 3.8) is 0 Å². The van der Waals surface area contributed by atoms with Crippen molar-refractivity contribution in [1.82, 2.24) is 18.9 Å². The van der Waals surface area contributed by atoms with Gasteiger partial charge in [-0.2, -0.15) is 4.68 Å². The highest BCUT2D eigenvalue weighted by Crippen LogP contribution is 2.19. The Morgan fingerprint density at radius 3 is 2.33 bits per heavy atom. The third-order valence-corrected chi connectivity index (χ3v) is 5.75. The van der Waals surface area contributed by atoms with E-state index < -0.39 is 0 Å². The predicted octanol–water partition coefficient (Wildman–Crippen LogP) is 3.89. The van der Waals surface area contributed by atoms with Gasteiger partial charge in [0.2, 0.25) is 0 Å². The standard InChI is InChI=1S/C26H21FN4O2/c1-18-25-22(15-24(32)29(18)16-20-10-7-11-21(27)14-20)30(17-19-8-3-2-4-9-19)31(26(25)33)23-12-5-6-13-28-23/h2-15H,16-17H2,1H3. The lowest BCUT2D eigenvalue weighted by Gasteiger charge is -2.13. The second kappa shape index (κ2) is 8.35. The largest absolute Gasteiger partial charge is 0.308 e. The smallest absolute Gasteiger partial charge is 0.282 e. The van der Waals surface area contributed by atoms with E-state index in [2.05, 4.69) is 4.98 Å². The molecule has 0 aliphatic rings. The van der Waals surface area contributed by atoms with Gasteiger partial charge in [-0.3, -0.25) is 14.3 Å². The monoisotopic (exact) mass is 440 g/mol. The summed E-state index contributed by atoms with van der Waals surface area (Å²) in [4.78, 5) is 31.2. The maximum Gasteiger partial charge on any atom is 0.282 e. The quantitative estimate of drug-likeness (QED) is 0.417. The second-order valence-electron chi connectivity index (χ2n) is 7.89. The van der Waals surface area contributed by atoms with Gasteiger partial charge in [0.1, 0.15) is 5.82 Å². The Bertz CT molecular complexity index is 1570. The first-order chi connectivity index (χ1) is 16.0. The average molecular weight is 440 g/mol. The first kappa shape index (κ1) is 20.6. The summed E-state index contributed by atoms with van der Waals surface area (Å²) in [6.07, 6.45) is 1.63. The minimum Gasteiger partial charge on any atom is -0.308 e. The summed E-state index contributed by atoms with van der Waals surface area (Å²) in [5.41, 5.74) is 2.18. The van der Waals surface area contributed by atoms with Gasteiger partial charge < -0.3 is 4.57 Å². The SMILES string of the molecule is Cc1c2c(=O)n(-c3ccccn3)n(Cc3ccccc3)c2cc(=O)n1Cc1cccc(F)c1. The maximum absolute atomic E-state index is 13.7. The van der Waals surface area contributed by atoms with E-state index in [1.807, 2.05) is 36.4 Å². The van der Waals surface area contributed by atoms with E-state index in [9.17, 15) is 14.0 Å². The lowest BCUT2D eigenvalue weighted by Crippen LogP contribution is -2.24. The van der Waals surface area contributed by atoms with Gasteiger partial charge in [0.25, 0.3) is 11.1 Å². The van der Waals surface area contributed by atoms with Gasteiger partial charge in [-0.25, -0.2) is 9.37 Å². The van der Waals surface area contributed by atoms with Crippen molar-refractivity contribution in [3.8, 4) is 5.82 Å². The molecule has 164 valence electrons. The van der Waals surface area contributed by atoms with Gasteiger partial charge in [0.05, 0.1) is 24.0 Å². The van der Waals surface area contributed by atoms with Crippen molar-refractivity contribution < 1.29 is 4.39 Å². The third-order valence-electron chi connectivity index (χ3n) is 5.75. The Hall–Kier alpha value is -4.26. The van der Waals surface area contributed by atoms with Crippen LogP contribution in [0.15, 0.2) is 94.6 Å². The minimum atomic E-state index is -0.370. The van der Waals surface area contributed by atoms with Crippen LogP contribution in [0.25, 0.3) is 16.7 Å². The lowest BCUT2D eigenvalue weighted by molar-refractivity contribution is 0.602. The van der Waals surface area contributed by atoms with Gasteiger partial charge >= 0.3 is 0 Å². The summed E-state index contributed by atoms with van der Waals surface area (Å²) < 4.78 is 18.5. The molecule has 5 rings (SSSR count). The van der Waals surface area contributed by atoms with Crippen molar-refractivity contribution in [1.29, 1.82) is 0 Å². The van der Waals surface area contributed by atoms with E-state index in [1.54, 1.807) is 42.1 Å². The molecule has 7 heteroatoms. The molecule has 6 nitrogen and oxygen atoms in total. The summed E-state index contributed by atoms with van der Waals surface area (Å²) in [6.45, 7) is 2.31. The van der Waals surface area contributed by atoms with Gasteiger partial charge in [-0.1, -0.05) is 48.5 Å². The van der Waals surface area contributed by atoms with Gasteiger partial charge in [0.15, 0.2) is 5.82 Å². The van der Waals surface area contributed by atoms with Crippen LogP contribution in [0.3, 0.4) is 0 Å². The molecule has 33 heavy (non-hydrogen) atoms. The van der Waals surface area contributed by atoms with Crippen molar-refractivity contribution in [3.05, 3.63) is 128 Å². The summed E-state index contributed by atoms with van der Waals surface area (Å²) in [5.74, 6) is 0.101. The van der Waals surface area contributed by atoms with Crippen LogP contribution in [0.5, 0.6) is 0 Å². The zero-order valence-electron chi connectivity index (χ0n) is 18.0. The number of hydrogen-bond donors (Lipinski definition) is 0. The number of pyridine rings is 2. The Morgan fingerprint density at radius 2 is 1.61 bits per heavy atom. The molecule has 3 heterocycles. The molecule has 0 N–H and O–H groups in total. The molecule has 0 aliphatic heterocycles. The highest BCUT2D eigenvalue weighted by molar-refractivity contribution is 5.81. The van der Waals surface area contributed by atoms with Gasteiger partial charge in [-0.15, -0.1) is 0 Å². The second-order valence-corrected chi connectivity index (χ2v) is 7.89. The van der Waals surface area contributed by atoms with Gasteiger partial charge in [0, 0.05) is 18.0 Å². The molecule has 0 fully saturated rings. The molecule has 0 amide bonds. The van der Waals surface area contributed by atoms with Crippen LogP contribution in [-0.2, 0) is 13.1 Å². The van der Waals surface area contributed by atoms with Crippen molar-refractivity contribution in [2.24, 2.45) is 0 Å². The topological polar surface area (TPSA) is 61.8 Å². The molecule has 5 aromatic rings. The molecule has 0 atom stereocenters. The molecule has 0 unspecified atom stereocenters. The fourth-order valence-corrected chi connectivity index (χ4v) is 4.18. The molecule has 0 radical (unpaired) electrons. The summed E-state index contributed by atoms with van der Waals surface area (Å²) >= 11 is 0. The predicted molar refractivity (Wildman–Crippen MR) is 125 cm³/mol. The zero-order chi connectivity index (χ0) is 22.9. The lowest BCUT2D eigenvalue weighted by atomic mass is 10.2. The van der Waals surface area contributed by atoms with Crippen molar-refractivity contribution in [2.75, 3.05) is 0 Å². The molecule has 0 saturated carbocycles. The number of benzene rings is 2. The van der Waals surface area contributed by atoms with Crippen LogP contribution in [0, 0.1) is 12.7 Å². The molecular weight excluding hydrogens is 419 g/mol. The third kappa shape index (κ3) is 3.78. The Balaban J connectivity index is 1.76. The fourth-order valence-electron chi connectivity index (χ4n) is 4.18. The molecule has 0 spiro atoms. The Kier molecular flexibility index (Phi) is 5.22. The van der Waals surface area contributed by atoms with E-state index in [1.165, 1.54) is 27.4 Å². The Labute approximate surface area is 188 Å². The fraction of sp³-hybridized carbons (Fsp3) is 0.115. The summed E-state index contributed by atoms with van der Waals surface area (Å²) in [7, 11) is 0. The van der Waals surface area contributed by atoms with Crippen molar-refractivity contribution in [2.45, 2.75) is 20.0 Å². The first-order valence-electron chi connectivity index (χ1n) is 10.6. The molecule has 0 aliphatic carbocycles. The summed E-state index contributed by atoms with van der Waals surface area (Å²) in [5, 5.41) is 0.438. The Morgan fingerprint density at radius 1 is 0.848 bits per heavy atom. The van der Waals surface area contributed by atoms with E-state index in [0.29, 0.717) is 34.5 Å². The van der Waals surface area contributed by atoms with E-state index in [0.717, 1.165) is 5.56 Å². The van der Waals surface area contributed by atoms with Gasteiger partial charge in [-0.05, 0) is 42.3 Å². The number of aryl methyl sites for hydroxylation is 1. The average Bonchev–Trinajstić information content (AvgIpc) is 3.09. The van der Waals surface area contributed by atoms with Crippen LogP contribution >= 0.6 is 0 Å². The molecule has 2 aromatic carbocycles.